The third-order valence-corrected chi connectivity index (χ3v) is 9.50. The summed E-state index contributed by atoms with van der Waals surface area (Å²) in [6.07, 6.45) is 8.75. The highest BCUT2D eigenvalue weighted by molar-refractivity contribution is 5.83. The molecule has 7 aromatic rings. The van der Waals surface area contributed by atoms with Crippen molar-refractivity contribution in [3.05, 3.63) is 214 Å². The number of rotatable bonds is 10. The third kappa shape index (κ3) is 7.67. The van der Waals surface area contributed by atoms with Crippen LogP contribution >= 0.6 is 0 Å². The SMILES string of the molecule is Cc1cccc(C)c1N(c1ccccc1)c1ccc(/C=C/c2cccc(/C=C/c3ccc(N(c4ccccc4)c4c(C)cccc4C)cc3)c2)cc1. The molecular weight excluding hydrogens is 629 g/mol. The van der Waals surface area contributed by atoms with Gasteiger partial charge in [0.2, 0.25) is 0 Å². The molecule has 0 bridgehead atoms. The standard InChI is InChI=1S/C50H44N2/c1-37-14-11-15-38(2)49(37)51(45-20-7-5-8-21-45)47-32-28-41(29-33-47)24-26-43-18-13-19-44(36-43)27-25-42-30-34-48(35-31-42)52(46-22-9-6-10-23-46)50-39(3)16-12-17-40(50)4/h5-36H,1-4H3/b26-24+,27-25+. The van der Waals surface area contributed by atoms with E-state index in [2.05, 4.69) is 232 Å². The quantitative estimate of drug-likeness (QED) is 0.133. The molecule has 2 nitrogen and oxygen atoms in total. The molecule has 0 N–H and O–H groups in total. The summed E-state index contributed by atoms with van der Waals surface area (Å²) < 4.78 is 0. The van der Waals surface area contributed by atoms with Crippen molar-refractivity contribution in [3.63, 3.8) is 0 Å². The molecule has 0 aromatic heterocycles. The van der Waals surface area contributed by atoms with Gasteiger partial charge in [0, 0.05) is 22.7 Å². The number of hydrogen-bond donors (Lipinski definition) is 0. The van der Waals surface area contributed by atoms with E-state index in [0.29, 0.717) is 0 Å². The molecule has 0 aliphatic heterocycles. The molecule has 7 rings (SSSR count). The molecule has 0 saturated heterocycles. The summed E-state index contributed by atoms with van der Waals surface area (Å²) in [4.78, 5) is 4.71. The van der Waals surface area contributed by atoms with Crippen LogP contribution in [0.5, 0.6) is 0 Å². The van der Waals surface area contributed by atoms with E-state index in [4.69, 9.17) is 0 Å². The Labute approximate surface area is 309 Å². The zero-order valence-corrected chi connectivity index (χ0v) is 30.4. The molecule has 0 aliphatic rings. The molecule has 2 heteroatoms. The van der Waals surface area contributed by atoms with E-state index in [9.17, 15) is 0 Å². The van der Waals surface area contributed by atoms with Gasteiger partial charge in [-0.05, 0) is 127 Å². The molecular formula is C50H44N2. The first-order valence-corrected chi connectivity index (χ1v) is 17.9. The summed E-state index contributed by atoms with van der Waals surface area (Å²) in [6.45, 7) is 8.73. The van der Waals surface area contributed by atoms with Crippen LogP contribution < -0.4 is 9.80 Å². The van der Waals surface area contributed by atoms with Crippen molar-refractivity contribution in [2.75, 3.05) is 9.80 Å². The Hall–Kier alpha value is -6.38. The lowest BCUT2D eigenvalue weighted by molar-refractivity contribution is 1.22. The van der Waals surface area contributed by atoms with Crippen LogP contribution in [0.1, 0.15) is 44.5 Å². The fourth-order valence-corrected chi connectivity index (χ4v) is 6.91. The van der Waals surface area contributed by atoms with E-state index >= 15 is 0 Å². The number of anilines is 6. The smallest absolute Gasteiger partial charge is 0.0519 e. The number of benzene rings is 7. The minimum absolute atomic E-state index is 1.14. The Bertz CT molecular complexity index is 2110. The Morgan fingerprint density at radius 2 is 0.596 bits per heavy atom. The molecule has 0 saturated carbocycles. The van der Waals surface area contributed by atoms with Gasteiger partial charge < -0.3 is 9.80 Å². The second-order valence-electron chi connectivity index (χ2n) is 13.3. The fraction of sp³-hybridized carbons (Fsp3) is 0.0800. The van der Waals surface area contributed by atoms with Crippen molar-refractivity contribution in [3.8, 4) is 0 Å². The van der Waals surface area contributed by atoms with Crippen LogP contribution in [0.3, 0.4) is 0 Å². The number of aryl methyl sites for hydroxylation is 4. The third-order valence-electron chi connectivity index (χ3n) is 9.50. The van der Waals surface area contributed by atoms with E-state index in [0.717, 1.165) is 45.0 Å². The summed E-state index contributed by atoms with van der Waals surface area (Å²) in [5.74, 6) is 0. The second kappa shape index (κ2) is 15.7. The van der Waals surface area contributed by atoms with Gasteiger partial charge in [-0.1, -0.05) is 140 Å². The normalized spacial score (nSPS) is 11.3. The summed E-state index contributed by atoms with van der Waals surface area (Å²) >= 11 is 0. The predicted molar refractivity (Wildman–Crippen MR) is 225 cm³/mol. The molecule has 0 aliphatic carbocycles. The van der Waals surface area contributed by atoms with Gasteiger partial charge in [-0.2, -0.15) is 0 Å². The molecule has 0 amide bonds. The highest BCUT2D eigenvalue weighted by Gasteiger charge is 2.17. The zero-order valence-electron chi connectivity index (χ0n) is 30.4. The van der Waals surface area contributed by atoms with Gasteiger partial charge in [0.15, 0.2) is 0 Å². The zero-order chi connectivity index (χ0) is 35.9. The Kier molecular flexibility index (Phi) is 10.3. The highest BCUT2D eigenvalue weighted by Crippen LogP contribution is 2.40. The lowest BCUT2D eigenvalue weighted by Gasteiger charge is -2.28. The van der Waals surface area contributed by atoms with Crippen molar-refractivity contribution >= 4 is 58.4 Å². The summed E-state index contributed by atoms with van der Waals surface area (Å²) in [5.41, 5.74) is 16.7. The molecule has 0 heterocycles. The van der Waals surface area contributed by atoms with Gasteiger partial charge in [-0.3, -0.25) is 0 Å². The van der Waals surface area contributed by atoms with Crippen LogP contribution in [-0.2, 0) is 0 Å². The van der Waals surface area contributed by atoms with Crippen LogP contribution in [0.15, 0.2) is 170 Å². The summed E-state index contributed by atoms with van der Waals surface area (Å²) in [5, 5.41) is 0. The van der Waals surface area contributed by atoms with Gasteiger partial charge in [0.25, 0.3) is 0 Å². The maximum absolute atomic E-state index is 2.35. The van der Waals surface area contributed by atoms with Crippen molar-refractivity contribution in [1.29, 1.82) is 0 Å². The average molecular weight is 673 g/mol. The monoisotopic (exact) mass is 672 g/mol. The van der Waals surface area contributed by atoms with Gasteiger partial charge >= 0.3 is 0 Å². The van der Waals surface area contributed by atoms with Gasteiger partial charge in [-0.25, -0.2) is 0 Å². The first kappa shape index (κ1) is 34.1. The average Bonchev–Trinajstić information content (AvgIpc) is 3.18. The van der Waals surface area contributed by atoms with Crippen molar-refractivity contribution in [2.24, 2.45) is 0 Å². The van der Waals surface area contributed by atoms with Gasteiger partial charge in [0.1, 0.15) is 0 Å². The molecule has 254 valence electrons. The van der Waals surface area contributed by atoms with Crippen molar-refractivity contribution in [1.82, 2.24) is 0 Å². The largest absolute Gasteiger partial charge is 0.310 e. The van der Waals surface area contributed by atoms with E-state index < -0.39 is 0 Å². The van der Waals surface area contributed by atoms with E-state index in [1.165, 1.54) is 33.6 Å². The molecule has 0 fully saturated rings. The summed E-state index contributed by atoms with van der Waals surface area (Å²) in [7, 11) is 0. The van der Waals surface area contributed by atoms with Crippen LogP contribution in [0.4, 0.5) is 34.1 Å². The molecule has 0 unspecified atom stereocenters. The number of para-hydroxylation sites is 4. The highest BCUT2D eigenvalue weighted by atomic mass is 15.2. The molecule has 0 spiro atoms. The van der Waals surface area contributed by atoms with Crippen molar-refractivity contribution in [2.45, 2.75) is 27.7 Å². The minimum atomic E-state index is 1.14. The predicted octanol–water partition coefficient (Wildman–Crippen LogP) is 14.2. The van der Waals surface area contributed by atoms with E-state index in [1.807, 2.05) is 0 Å². The van der Waals surface area contributed by atoms with E-state index in [-0.39, 0.29) is 0 Å². The topological polar surface area (TPSA) is 6.48 Å². The first-order valence-electron chi connectivity index (χ1n) is 17.9. The molecule has 7 aromatic carbocycles. The second-order valence-corrected chi connectivity index (χ2v) is 13.3. The van der Waals surface area contributed by atoms with Crippen molar-refractivity contribution < 1.29 is 0 Å². The van der Waals surface area contributed by atoms with Gasteiger partial charge in [0.05, 0.1) is 11.4 Å². The Morgan fingerprint density at radius 3 is 0.962 bits per heavy atom. The van der Waals surface area contributed by atoms with Crippen LogP contribution in [-0.4, -0.2) is 0 Å². The summed E-state index contributed by atoms with van der Waals surface area (Å²) in [6, 6.07) is 60.5. The fourth-order valence-electron chi connectivity index (χ4n) is 6.91. The van der Waals surface area contributed by atoms with Crippen LogP contribution in [0, 0.1) is 27.7 Å². The Balaban J connectivity index is 1.08. The molecule has 0 atom stereocenters. The number of hydrogen-bond acceptors (Lipinski definition) is 2. The first-order chi connectivity index (χ1) is 25.4. The van der Waals surface area contributed by atoms with Crippen LogP contribution in [0.2, 0.25) is 0 Å². The Morgan fingerprint density at radius 1 is 0.288 bits per heavy atom. The lowest BCUT2D eigenvalue weighted by atomic mass is 10.0. The molecule has 52 heavy (non-hydrogen) atoms. The van der Waals surface area contributed by atoms with E-state index in [1.54, 1.807) is 0 Å². The maximum atomic E-state index is 2.35. The number of nitrogens with zero attached hydrogens (tertiary/aromatic N) is 2. The van der Waals surface area contributed by atoms with Gasteiger partial charge in [-0.15, -0.1) is 0 Å². The molecule has 0 radical (unpaired) electrons. The van der Waals surface area contributed by atoms with Crippen LogP contribution in [0.25, 0.3) is 24.3 Å². The maximum Gasteiger partial charge on any atom is 0.0519 e. The minimum Gasteiger partial charge on any atom is -0.310 e. The lowest BCUT2D eigenvalue weighted by Crippen LogP contribution is -2.12.